The summed E-state index contributed by atoms with van der Waals surface area (Å²) in [5.41, 5.74) is 2.54. The molecule has 5 heteroatoms. The van der Waals surface area contributed by atoms with Gasteiger partial charge >= 0.3 is 0 Å². The van der Waals surface area contributed by atoms with Crippen LogP contribution in [0.4, 0.5) is 0 Å². The molecule has 1 aliphatic rings. The van der Waals surface area contributed by atoms with Gasteiger partial charge < -0.3 is 0 Å². The van der Waals surface area contributed by atoms with Gasteiger partial charge in [-0.25, -0.2) is 8.42 Å². The van der Waals surface area contributed by atoms with Crippen LogP contribution in [0.15, 0.2) is 30.5 Å². The van der Waals surface area contributed by atoms with E-state index in [-0.39, 0.29) is 17.4 Å². The molecule has 0 spiro atoms. The van der Waals surface area contributed by atoms with Crippen molar-refractivity contribution in [2.75, 3.05) is 11.5 Å². The van der Waals surface area contributed by atoms with E-state index in [0.717, 1.165) is 22.8 Å². The van der Waals surface area contributed by atoms with Gasteiger partial charge in [-0.2, -0.15) is 0 Å². The number of hydrogen-bond acceptors (Lipinski definition) is 4. The van der Waals surface area contributed by atoms with Crippen molar-refractivity contribution >= 4 is 27.0 Å². The van der Waals surface area contributed by atoms with E-state index in [1.165, 1.54) is 0 Å². The van der Waals surface area contributed by atoms with E-state index in [0.29, 0.717) is 18.4 Å². The second-order valence-corrected chi connectivity index (χ2v) is 7.57. The Morgan fingerprint density at radius 1 is 1.15 bits per heavy atom. The van der Waals surface area contributed by atoms with E-state index in [1.54, 1.807) is 6.07 Å². The van der Waals surface area contributed by atoms with E-state index in [4.69, 9.17) is 0 Å². The van der Waals surface area contributed by atoms with Crippen LogP contribution in [0.1, 0.15) is 34.7 Å². The average Bonchev–Trinajstić information content (AvgIpc) is 2.46. The van der Waals surface area contributed by atoms with Crippen molar-refractivity contribution < 1.29 is 13.2 Å². The molecule has 0 saturated carbocycles. The van der Waals surface area contributed by atoms with Crippen LogP contribution in [0, 0.1) is 0 Å². The number of pyridine rings is 1. The third-order valence-corrected chi connectivity index (χ3v) is 5.60. The Morgan fingerprint density at radius 3 is 2.60 bits per heavy atom. The molecule has 1 aromatic carbocycles. The SMILES string of the molecule is O=Cc1ccc2ncc(C3CCS(=O)(=O)CC3)cc2c1. The van der Waals surface area contributed by atoms with Crippen molar-refractivity contribution in [2.24, 2.45) is 0 Å². The van der Waals surface area contributed by atoms with Crippen LogP contribution in [-0.4, -0.2) is 31.2 Å². The lowest BCUT2D eigenvalue weighted by Crippen LogP contribution is -2.22. The number of sulfone groups is 1. The van der Waals surface area contributed by atoms with Gasteiger partial charge in [0.25, 0.3) is 0 Å². The number of benzene rings is 1. The summed E-state index contributed by atoms with van der Waals surface area (Å²) in [4.78, 5) is 15.2. The molecule has 0 aliphatic carbocycles. The van der Waals surface area contributed by atoms with E-state index >= 15 is 0 Å². The summed E-state index contributed by atoms with van der Waals surface area (Å²) in [7, 11) is -2.84. The lowest BCUT2D eigenvalue weighted by Gasteiger charge is -2.22. The molecular formula is C15H15NO3S. The lowest BCUT2D eigenvalue weighted by atomic mass is 9.94. The lowest BCUT2D eigenvalue weighted by molar-refractivity contribution is 0.112. The standard InChI is InChI=1S/C15H15NO3S/c17-10-11-1-2-15-13(7-11)8-14(9-16-15)12-3-5-20(18,19)6-4-12/h1-2,7-10,12H,3-6H2. The zero-order valence-electron chi connectivity index (χ0n) is 11.0. The molecule has 4 nitrogen and oxygen atoms in total. The molecule has 0 radical (unpaired) electrons. The second-order valence-electron chi connectivity index (χ2n) is 5.26. The first-order valence-corrected chi connectivity index (χ1v) is 8.45. The number of aldehydes is 1. The number of aromatic nitrogens is 1. The van der Waals surface area contributed by atoms with E-state index in [2.05, 4.69) is 4.98 Å². The maximum Gasteiger partial charge on any atom is 0.150 e. The quantitative estimate of drug-likeness (QED) is 0.796. The highest BCUT2D eigenvalue weighted by Crippen LogP contribution is 2.30. The van der Waals surface area contributed by atoms with Crippen molar-refractivity contribution in [3.8, 4) is 0 Å². The number of carbonyl (C=O) groups is 1. The Bertz CT molecular complexity index is 754. The van der Waals surface area contributed by atoms with Gasteiger partial charge in [-0.15, -0.1) is 0 Å². The van der Waals surface area contributed by atoms with Gasteiger partial charge in [0.15, 0.2) is 0 Å². The first-order valence-electron chi connectivity index (χ1n) is 6.63. The summed E-state index contributed by atoms with van der Waals surface area (Å²) >= 11 is 0. The molecule has 0 bridgehead atoms. The van der Waals surface area contributed by atoms with Gasteiger partial charge in [0, 0.05) is 17.1 Å². The maximum absolute atomic E-state index is 11.5. The smallest absolute Gasteiger partial charge is 0.150 e. The van der Waals surface area contributed by atoms with Crippen LogP contribution < -0.4 is 0 Å². The molecule has 0 unspecified atom stereocenters. The number of rotatable bonds is 2. The predicted molar refractivity (Wildman–Crippen MR) is 77.8 cm³/mol. The van der Waals surface area contributed by atoms with E-state index in [9.17, 15) is 13.2 Å². The van der Waals surface area contributed by atoms with Crippen LogP contribution in [0.2, 0.25) is 0 Å². The van der Waals surface area contributed by atoms with Crippen molar-refractivity contribution in [1.82, 2.24) is 4.98 Å². The zero-order chi connectivity index (χ0) is 14.2. The summed E-state index contributed by atoms with van der Waals surface area (Å²) in [5, 5.41) is 0.931. The zero-order valence-corrected chi connectivity index (χ0v) is 11.8. The molecule has 2 aromatic rings. The molecular weight excluding hydrogens is 274 g/mol. The van der Waals surface area contributed by atoms with Crippen LogP contribution in [0.25, 0.3) is 10.9 Å². The Labute approximate surface area is 117 Å². The van der Waals surface area contributed by atoms with Gasteiger partial charge in [0.1, 0.15) is 16.1 Å². The first kappa shape index (κ1) is 13.2. The monoisotopic (exact) mass is 289 g/mol. The number of fused-ring (bicyclic) bond motifs is 1. The summed E-state index contributed by atoms with van der Waals surface area (Å²) in [5.74, 6) is 0.754. The van der Waals surface area contributed by atoms with E-state index in [1.807, 2.05) is 24.4 Å². The van der Waals surface area contributed by atoms with Gasteiger partial charge in [0.2, 0.25) is 0 Å². The number of carbonyl (C=O) groups excluding carboxylic acids is 1. The Balaban J connectivity index is 1.94. The normalized spacial score (nSPS) is 19.0. The molecule has 104 valence electrons. The van der Waals surface area contributed by atoms with Gasteiger partial charge in [-0.05, 0) is 48.6 Å². The minimum atomic E-state index is -2.84. The van der Waals surface area contributed by atoms with Crippen molar-refractivity contribution in [3.05, 3.63) is 41.6 Å². The molecule has 20 heavy (non-hydrogen) atoms. The van der Waals surface area contributed by atoms with Crippen molar-refractivity contribution in [3.63, 3.8) is 0 Å². The van der Waals surface area contributed by atoms with Crippen LogP contribution in [0.5, 0.6) is 0 Å². The van der Waals surface area contributed by atoms with Crippen molar-refractivity contribution in [1.29, 1.82) is 0 Å². The fraction of sp³-hybridized carbons (Fsp3) is 0.333. The predicted octanol–water partition coefficient (Wildman–Crippen LogP) is 2.34. The first-order chi connectivity index (χ1) is 9.57. The third kappa shape index (κ3) is 2.58. The fourth-order valence-electron chi connectivity index (χ4n) is 2.69. The molecule has 0 atom stereocenters. The summed E-state index contributed by atoms with van der Waals surface area (Å²) < 4.78 is 22.9. The molecule has 1 aromatic heterocycles. The Morgan fingerprint density at radius 2 is 1.90 bits per heavy atom. The van der Waals surface area contributed by atoms with E-state index < -0.39 is 9.84 Å². The summed E-state index contributed by atoms with van der Waals surface area (Å²) in [6.45, 7) is 0. The molecule has 3 rings (SSSR count). The number of hydrogen-bond donors (Lipinski definition) is 0. The molecule has 1 saturated heterocycles. The maximum atomic E-state index is 11.5. The minimum Gasteiger partial charge on any atom is -0.298 e. The van der Waals surface area contributed by atoms with Gasteiger partial charge in [-0.3, -0.25) is 9.78 Å². The van der Waals surface area contributed by atoms with Crippen LogP contribution in [0.3, 0.4) is 0 Å². The fourth-order valence-corrected chi connectivity index (χ4v) is 4.18. The highest BCUT2D eigenvalue weighted by molar-refractivity contribution is 7.91. The molecule has 1 fully saturated rings. The average molecular weight is 289 g/mol. The molecule has 2 heterocycles. The van der Waals surface area contributed by atoms with Crippen molar-refractivity contribution in [2.45, 2.75) is 18.8 Å². The van der Waals surface area contributed by atoms with Crippen LogP contribution in [-0.2, 0) is 9.84 Å². The number of nitrogens with zero attached hydrogens (tertiary/aromatic N) is 1. The Hall–Kier alpha value is -1.75. The van der Waals surface area contributed by atoms with Gasteiger partial charge in [-0.1, -0.05) is 0 Å². The summed E-state index contributed by atoms with van der Waals surface area (Å²) in [6.07, 6.45) is 3.95. The molecule has 0 N–H and O–H groups in total. The summed E-state index contributed by atoms with van der Waals surface area (Å²) in [6, 6.07) is 7.42. The topological polar surface area (TPSA) is 64.1 Å². The molecule has 1 aliphatic heterocycles. The second kappa shape index (κ2) is 4.98. The third-order valence-electron chi connectivity index (χ3n) is 3.89. The largest absolute Gasteiger partial charge is 0.298 e. The van der Waals surface area contributed by atoms with Crippen LogP contribution >= 0.6 is 0 Å². The molecule has 0 amide bonds. The van der Waals surface area contributed by atoms with Gasteiger partial charge in [0.05, 0.1) is 17.0 Å². The Kier molecular flexibility index (Phi) is 3.30. The highest BCUT2D eigenvalue weighted by atomic mass is 32.2. The highest BCUT2D eigenvalue weighted by Gasteiger charge is 2.24. The minimum absolute atomic E-state index is 0.246.